The molecular weight excluding hydrogens is 202 g/mol. The van der Waals surface area contributed by atoms with Crippen LogP contribution in [0.5, 0.6) is 0 Å². The summed E-state index contributed by atoms with van der Waals surface area (Å²) < 4.78 is 30.9. The van der Waals surface area contributed by atoms with Crippen molar-refractivity contribution in [3.63, 3.8) is 0 Å². The van der Waals surface area contributed by atoms with Crippen molar-refractivity contribution in [2.75, 3.05) is 14.1 Å². The number of hydrogen-bond donors (Lipinski definition) is 1. The molecule has 0 amide bonds. The van der Waals surface area contributed by atoms with E-state index in [1.165, 1.54) is 6.07 Å². The molecule has 0 saturated carbocycles. The highest BCUT2D eigenvalue weighted by molar-refractivity contribution is 7.85. The van der Waals surface area contributed by atoms with Gasteiger partial charge in [-0.3, -0.25) is 4.55 Å². The van der Waals surface area contributed by atoms with Gasteiger partial charge in [0.15, 0.2) is 0 Å². The highest BCUT2D eigenvalue weighted by Crippen LogP contribution is 2.15. The average Bonchev–Trinajstić information content (AvgIpc) is 2.01. The van der Waals surface area contributed by atoms with Crippen LogP contribution in [0.15, 0.2) is 29.2 Å². The third kappa shape index (κ3) is 2.80. The van der Waals surface area contributed by atoms with Crippen LogP contribution in [-0.4, -0.2) is 32.0 Å². The standard InChI is InChI=1S/C9H13NO3S/c1-10(2)7-8-5-3-4-6-9(8)14(11,12)13/h3-6H,7H2,1-2H3,(H,11,12,13). The first-order chi connectivity index (χ1) is 6.41. The van der Waals surface area contributed by atoms with Crippen molar-refractivity contribution in [3.05, 3.63) is 29.8 Å². The van der Waals surface area contributed by atoms with Crippen LogP contribution in [0.3, 0.4) is 0 Å². The van der Waals surface area contributed by atoms with Gasteiger partial charge in [-0.15, -0.1) is 0 Å². The molecule has 1 N–H and O–H groups in total. The summed E-state index contributed by atoms with van der Waals surface area (Å²) in [5.74, 6) is 0. The van der Waals surface area contributed by atoms with Crippen molar-refractivity contribution in [3.8, 4) is 0 Å². The van der Waals surface area contributed by atoms with Gasteiger partial charge in [0.25, 0.3) is 10.1 Å². The average molecular weight is 215 g/mol. The first-order valence-corrected chi connectivity index (χ1v) is 5.55. The molecule has 1 aromatic rings. The zero-order valence-corrected chi connectivity index (χ0v) is 8.95. The lowest BCUT2D eigenvalue weighted by atomic mass is 10.2. The van der Waals surface area contributed by atoms with E-state index in [-0.39, 0.29) is 4.90 Å². The van der Waals surface area contributed by atoms with Crippen molar-refractivity contribution >= 4 is 10.1 Å². The van der Waals surface area contributed by atoms with Crippen molar-refractivity contribution in [2.24, 2.45) is 0 Å². The Kier molecular flexibility index (Phi) is 3.25. The first-order valence-electron chi connectivity index (χ1n) is 4.11. The molecule has 4 nitrogen and oxygen atoms in total. The van der Waals surface area contributed by atoms with E-state index >= 15 is 0 Å². The third-order valence-corrected chi connectivity index (χ3v) is 2.69. The molecule has 1 rings (SSSR count). The Morgan fingerprint density at radius 1 is 1.29 bits per heavy atom. The molecule has 0 heterocycles. The largest absolute Gasteiger partial charge is 0.305 e. The molecule has 0 aromatic heterocycles. The lowest BCUT2D eigenvalue weighted by molar-refractivity contribution is 0.397. The fraction of sp³-hybridized carbons (Fsp3) is 0.333. The molecule has 1 aromatic carbocycles. The van der Waals surface area contributed by atoms with Crippen LogP contribution < -0.4 is 0 Å². The molecule has 0 saturated heterocycles. The number of nitrogens with zero attached hydrogens (tertiary/aromatic N) is 1. The maximum absolute atomic E-state index is 11.0. The molecule has 0 spiro atoms. The quantitative estimate of drug-likeness (QED) is 0.764. The van der Waals surface area contributed by atoms with E-state index < -0.39 is 10.1 Å². The minimum atomic E-state index is -4.11. The summed E-state index contributed by atoms with van der Waals surface area (Å²) in [5, 5.41) is 0. The summed E-state index contributed by atoms with van der Waals surface area (Å²) >= 11 is 0. The number of hydrogen-bond acceptors (Lipinski definition) is 3. The summed E-state index contributed by atoms with van der Waals surface area (Å²) in [6, 6.07) is 6.41. The second-order valence-corrected chi connectivity index (χ2v) is 4.71. The van der Waals surface area contributed by atoms with E-state index in [9.17, 15) is 8.42 Å². The Hall–Kier alpha value is -0.910. The smallest absolute Gasteiger partial charge is 0.294 e. The highest BCUT2D eigenvalue weighted by Gasteiger charge is 2.14. The zero-order chi connectivity index (χ0) is 10.8. The van der Waals surface area contributed by atoms with Crippen LogP contribution in [0.4, 0.5) is 0 Å². The van der Waals surface area contributed by atoms with Gasteiger partial charge in [-0.1, -0.05) is 18.2 Å². The second-order valence-electron chi connectivity index (χ2n) is 3.32. The van der Waals surface area contributed by atoms with Gasteiger partial charge < -0.3 is 4.90 Å². The molecule has 0 aliphatic heterocycles. The van der Waals surface area contributed by atoms with Crippen LogP contribution in [0, 0.1) is 0 Å². The summed E-state index contributed by atoms with van der Waals surface area (Å²) in [6.07, 6.45) is 0. The Bertz CT molecular complexity index is 412. The fourth-order valence-corrected chi connectivity index (χ4v) is 1.94. The Morgan fingerprint density at radius 3 is 2.36 bits per heavy atom. The van der Waals surface area contributed by atoms with Crippen LogP contribution in [0.25, 0.3) is 0 Å². The lowest BCUT2D eigenvalue weighted by Gasteiger charge is -2.11. The molecule has 0 aliphatic carbocycles. The topological polar surface area (TPSA) is 57.6 Å². The van der Waals surface area contributed by atoms with Crippen LogP contribution in [0.2, 0.25) is 0 Å². The summed E-state index contributed by atoms with van der Waals surface area (Å²) in [4.78, 5) is 1.82. The Balaban J connectivity index is 3.17. The van der Waals surface area contributed by atoms with Gasteiger partial charge in [0.1, 0.15) is 0 Å². The fourth-order valence-electron chi connectivity index (χ4n) is 1.23. The number of benzene rings is 1. The minimum absolute atomic E-state index is 0.0197. The highest BCUT2D eigenvalue weighted by atomic mass is 32.2. The predicted octanol–water partition coefficient (Wildman–Crippen LogP) is 0.995. The molecule has 0 unspecified atom stereocenters. The summed E-state index contributed by atoms with van der Waals surface area (Å²) in [5.41, 5.74) is 0.597. The van der Waals surface area contributed by atoms with Crippen molar-refractivity contribution in [2.45, 2.75) is 11.4 Å². The van der Waals surface area contributed by atoms with Crippen molar-refractivity contribution in [1.29, 1.82) is 0 Å². The third-order valence-electron chi connectivity index (χ3n) is 1.74. The molecule has 0 aliphatic rings. The van der Waals surface area contributed by atoms with E-state index in [1.54, 1.807) is 18.2 Å². The maximum atomic E-state index is 11.0. The molecule has 0 atom stereocenters. The minimum Gasteiger partial charge on any atom is -0.305 e. The van der Waals surface area contributed by atoms with E-state index in [4.69, 9.17) is 4.55 Å². The summed E-state index contributed by atoms with van der Waals surface area (Å²) in [7, 11) is -0.438. The molecule has 14 heavy (non-hydrogen) atoms. The maximum Gasteiger partial charge on any atom is 0.294 e. The first kappa shape index (κ1) is 11.2. The Labute approximate surface area is 83.9 Å². The molecule has 0 radical (unpaired) electrons. The molecular formula is C9H13NO3S. The SMILES string of the molecule is CN(C)Cc1ccccc1S(=O)(=O)O. The normalized spacial score (nSPS) is 12.0. The van der Waals surface area contributed by atoms with E-state index in [2.05, 4.69) is 0 Å². The van der Waals surface area contributed by atoms with E-state index in [0.29, 0.717) is 12.1 Å². The van der Waals surface area contributed by atoms with Crippen LogP contribution in [-0.2, 0) is 16.7 Å². The number of rotatable bonds is 3. The molecule has 5 heteroatoms. The van der Waals surface area contributed by atoms with Gasteiger partial charge in [-0.05, 0) is 25.7 Å². The molecule has 78 valence electrons. The van der Waals surface area contributed by atoms with Gasteiger partial charge in [0, 0.05) is 6.54 Å². The second kappa shape index (κ2) is 4.08. The van der Waals surface area contributed by atoms with Crippen LogP contribution in [0.1, 0.15) is 5.56 Å². The monoisotopic (exact) mass is 215 g/mol. The molecule has 0 fully saturated rings. The van der Waals surface area contributed by atoms with Gasteiger partial charge in [-0.25, -0.2) is 0 Å². The zero-order valence-electron chi connectivity index (χ0n) is 8.14. The van der Waals surface area contributed by atoms with E-state index in [0.717, 1.165) is 0 Å². The van der Waals surface area contributed by atoms with Crippen molar-refractivity contribution < 1.29 is 13.0 Å². The van der Waals surface area contributed by atoms with Crippen LogP contribution >= 0.6 is 0 Å². The molecule has 0 bridgehead atoms. The Morgan fingerprint density at radius 2 is 1.86 bits per heavy atom. The predicted molar refractivity (Wildman–Crippen MR) is 53.6 cm³/mol. The van der Waals surface area contributed by atoms with E-state index in [1.807, 2.05) is 19.0 Å². The van der Waals surface area contributed by atoms with Crippen molar-refractivity contribution in [1.82, 2.24) is 4.90 Å². The summed E-state index contributed by atoms with van der Waals surface area (Å²) in [6.45, 7) is 0.482. The van der Waals surface area contributed by atoms with Gasteiger partial charge in [0.2, 0.25) is 0 Å². The van der Waals surface area contributed by atoms with Gasteiger partial charge >= 0.3 is 0 Å². The van der Waals surface area contributed by atoms with Gasteiger partial charge in [-0.2, -0.15) is 8.42 Å². The lowest BCUT2D eigenvalue weighted by Crippen LogP contribution is -2.13. The van der Waals surface area contributed by atoms with Gasteiger partial charge in [0.05, 0.1) is 4.90 Å².